The van der Waals surface area contributed by atoms with Crippen LogP contribution in [0.1, 0.15) is 6.23 Å². The number of anilines is 1. The van der Waals surface area contributed by atoms with Crippen LogP contribution in [0.4, 0.5) is 5.82 Å². The minimum atomic E-state index is -0.984. The van der Waals surface area contributed by atoms with Crippen LogP contribution in [0.25, 0.3) is 11.0 Å². The smallest absolute Gasteiger partial charge is 0.277 e. The zero-order valence-corrected chi connectivity index (χ0v) is 11.3. The Morgan fingerprint density at radius 3 is 3.05 bits per heavy atom. The van der Waals surface area contributed by atoms with E-state index in [1.54, 1.807) is 10.6 Å². The average Bonchev–Trinajstić information content (AvgIpc) is 2.99. The Kier molecular flexibility index (Phi) is 3.41. The Labute approximate surface area is 118 Å². The molecular weight excluding hydrogens is 280 g/mol. The second-order valence-corrected chi connectivity index (χ2v) is 4.88. The van der Waals surface area contributed by atoms with E-state index in [0.29, 0.717) is 5.52 Å². The largest absolute Gasteiger partial charge is 0.394 e. The first-order valence-corrected chi connectivity index (χ1v) is 6.39. The molecule has 2 aromatic rings. The number of fused-ring (bicyclic) bond motifs is 1. The normalized spacial score (nSPS) is 29.3. The number of rotatable bonds is 3. The van der Waals surface area contributed by atoms with Crippen molar-refractivity contribution in [1.82, 2.24) is 14.5 Å². The third-order valence-corrected chi connectivity index (χ3v) is 3.64. The number of nitrogen functional groups attached to an aromatic ring is 1. The van der Waals surface area contributed by atoms with Gasteiger partial charge in [0.25, 0.3) is 5.56 Å². The number of nitrogens with two attached hydrogens (primary N) is 1. The lowest BCUT2D eigenvalue weighted by atomic mass is 10.1. The third-order valence-electron chi connectivity index (χ3n) is 3.64. The van der Waals surface area contributed by atoms with E-state index in [2.05, 4.69) is 9.97 Å². The first-order chi connectivity index (χ1) is 10.1. The van der Waals surface area contributed by atoms with Gasteiger partial charge in [0.2, 0.25) is 0 Å². The van der Waals surface area contributed by atoms with Crippen molar-refractivity contribution in [1.29, 1.82) is 0 Å². The number of imidazole rings is 1. The highest BCUT2D eigenvalue weighted by molar-refractivity contribution is 5.76. The molecule has 0 amide bonds. The molecule has 0 aromatic carbocycles. The predicted molar refractivity (Wildman–Crippen MR) is 72.6 cm³/mol. The van der Waals surface area contributed by atoms with Gasteiger partial charge in [0.05, 0.1) is 18.5 Å². The highest BCUT2D eigenvalue weighted by Crippen LogP contribution is 2.33. The van der Waals surface area contributed by atoms with Crippen LogP contribution in [0.5, 0.6) is 0 Å². The Morgan fingerprint density at radius 1 is 1.62 bits per heavy atom. The zero-order valence-electron chi connectivity index (χ0n) is 11.3. The standard InChI is InChI=1S/C12H16N4O5/c1-20-10-9(18)6(3-17)21-12(10)16-4-14-8-5(16)2-7(13)15-11(8)19/h2,4,6,9-10,12,17-18H,3H2,1H3,(H3,13,15,19)/t6-,9-,10-,12?/m1/s1. The predicted octanol–water partition coefficient (Wildman–Crippen LogP) is -1.43. The molecule has 3 heterocycles. The number of aliphatic hydroxyl groups is 2. The molecule has 5 N–H and O–H groups in total. The van der Waals surface area contributed by atoms with E-state index in [1.165, 1.54) is 13.4 Å². The summed E-state index contributed by atoms with van der Waals surface area (Å²) in [7, 11) is 1.43. The SMILES string of the molecule is CO[C@H]1C(n2cnc3c(=O)[nH]c(N)cc32)O[C@H](CO)[C@H]1O. The van der Waals surface area contributed by atoms with Crippen molar-refractivity contribution in [3.8, 4) is 0 Å². The monoisotopic (exact) mass is 296 g/mol. The van der Waals surface area contributed by atoms with Crippen LogP contribution in [0.2, 0.25) is 0 Å². The van der Waals surface area contributed by atoms with Crippen LogP contribution < -0.4 is 11.3 Å². The second kappa shape index (κ2) is 5.11. The summed E-state index contributed by atoms with van der Waals surface area (Å²) in [4.78, 5) is 18.3. The van der Waals surface area contributed by atoms with Crippen molar-refractivity contribution < 1.29 is 19.7 Å². The number of aromatic nitrogens is 3. The van der Waals surface area contributed by atoms with Crippen molar-refractivity contribution >= 4 is 16.9 Å². The number of nitrogens with zero attached hydrogens (tertiary/aromatic N) is 2. The lowest BCUT2D eigenvalue weighted by molar-refractivity contribution is -0.0580. The molecule has 9 nitrogen and oxygen atoms in total. The number of hydrogen-bond donors (Lipinski definition) is 4. The summed E-state index contributed by atoms with van der Waals surface area (Å²) in [5, 5.41) is 19.3. The lowest BCUT2D eigenvalue weighted by Crippen LogP contribution is -2.34. The molecule has 2 aromatic heterocycles. The maximum atomic E-state index is 11.8. The number of H-pyrrole nitrogens is 1. The summed E-state index contributed by atoms with van der Waals surface area (Å²) < 4.78 is 12.4. The van der Waals surface area contributed by atoms with Gasteiger partial charge in [0, 0.05) is 13.2 Å². The van der Waals surface area contributed by atoms with E-state index in [9.17, 15) is 15.0 Å². The Bertz CT molecular complexity index is 711. The van der Waals surface area contributed by atoms with Crippen LogP contribution in [-0.2, 0) is 9.47 Å². The Morgan fingerprint density at radius 2 is 2.38 bits per heavy atom. The molecule has 1 unspecified atom stereocenters. The quantitative estimate of drug-likeness (QED) is 0.545. The number of aliphatic hydroxyl groups excluding tert-OH is 2. The van der Waals surface area contributed by atoms with Gasteiger partial charge in [-0.25, -0.2) is 4.98 Å². The Balaban J connectivity index is 2.10. The van der Waals surface area contributed by atoms with E-state index in [1.807, 2.05) is 0 Å². The highest BCUT2D eigenvalue weighted by Gasteiger charge is 2.45. The summed E-state index contributed by atoms with van der Waals surface area (Å²) in [6.07, 6.45) is -1.74. The molecule has 1 aliphatic heterocycles. The van der Waals surface area contributed by atoms with E-state index in [-0.39, 0.29) is 17.9 Å². The second-order valence-electron chi connectivity index (χ2n) is 4.88. The van der Waals surface area contributed by atoms with E-state index in [4.69, 9.17) is 15.2 Å². The van der Waals surface area contributed by atoms with Crippen LogP contribution >= 0.6 is 0 Å². The minimum absolute atomic E-state index is 0.195. The minimum Gasteiger partial charge on any atom is -0.394 e. The van der Waals surface area contributed by atoms with Crippen molar-refractivity contribution in [2.24, 2.45) is 0 Å². The van der Waals surface area contributed by atoms with Gasteiger partial charge < -0.3 is 35.0 Å². The summed E-state index contributed by atoms with van der Waals surface area (Å²) in [6.45, 7) is -0.340. The maximum Gasteiger partial charge on any atom is 0.277 e. The van der Waals surface area contributed by atoms with Gasteiger partial charge in [-0.2, -0.15) is 0 Å². The molecule has 0 radical (unpaired) electrons. The molecule has 1 fully saturated rings. The van der Waals surface area contributed by atoms with E-state index < -0.39 is 30.1 Å². The molecule has 21 heavy (non-hydrogen) atoms. The number of methoxy groups -OCH3 is 1. The molecule has 0 saturated carbocycles. The molecule has 9 heteroatoms. The van der Waals surface area contributed by atoms with Crippen LogP contribution in [-0.4, -0.2) is 56.8 Å². The van der Waals surface area contributed by atoms with Crippen LogP contribution in [0, 0.1) is 0 Å². The van der Waals surface area contributed by atoms with Gasteiger partial charge in [0.15, 0.2) is 11.7 Å². The first kappa shape index (κ1) is 14.0. The van der Waals surface area contributed by atoms with Crippen molar-refractivity contribution in [3.05, 3.63) is 22.7 Å². The topological polar surface area (TPSA) is 136 Å². The fourth-order valence-corrected chi connectivity index (χ4v) is 2.61. The van der Waals surface area contributed by atoms with Crippen molar-refractivity contribution in [2.45, 2.75) is 24.5 Å². The number of ether oxygens (including phenoxy) is 2. The molecule has 0 aliphatic carbocycles. The molecule has 0 bridgehead atoms. The lowest BCUT2D eigenvalue weighted by Gasteiger charge is -2.20. The van der Waals surface area contributed by atoms with Gasteiger partial charge in [-0.05, 0) is 0 Å². The summed E-state index contributed by atoms with van der Waals surface area (Å²) in [6, 6.07) is 1.55. The van der Waals surface area contributed by atoms with Gasteiger partial charge in [-0.3, -0.25) is 4.79 Å². The first-order valence-electron chi connectivity index (χ1n) is 6.39. The summed E-state index contributed by atoms with van der Waals surface area (Å²) in [5.74, 6) is 0.195. The fourth-order valence-electron chi connectivity index (χ4n) is 2.61. The molecule has 4 atom stereocenters. The van der Waals surface area contributed by atoms with Gasteiger partial charge >= 0.3 is 0 Å². The van der Waals surface area contributed by atoms with Gasteiger partial charge in [0.1, 0.15) is 24.1 Å². The van der Waals surface area contributed by atoms with E-state index >= 15 is 0 Å². The van der Waals surface area contributed by atoms with Crippen LogP contribution in [0.15, 0.2) is 17.2 Å². The summed E-state index contributed by atoms with van der Waals surface area (Å²) in [5.41, 5.74) is 5.91. The summed E-state index contributed by atoms with van der Waals surface area (Å²) >= 11 is 0. The molecular formula is C12H16N4O5. The van der Waals surface area contributed by atoms with E-state index in [0.717, 1.165) is 0 Å². The fraction of sp³-hybridized carbons (Fsp3) is 0.500. The van der Waals surface area contributed by atoms with Crippen molar-refractivity contribution in [2.75, 3.05) is 19.5 Å². The molecule has 0 spiro atoms. The number of nitrogens with one attached hydrogen (secondary N) is 1. The molecule has 114 valence electrons. The molecule has 1 saturated heterocycles. The molecule has 3 rings (SSSR count). The maximum absolute atomic E-state index is 11.8. The number of pyridine rings is 1. The van der Waals surface area contributed by atoms with Crippen molar-refractivity contribution in [3.63, 3.8) is 0 Å². The zero-order chi connectivity index (χ0) is 15.1. The van der Waals surface area contributed by atoms with Gasteiger partial charge in [-0.15, -0.1) is 0 Å². The number of hydrogen-bond acceptors (Lipinski definition) is 7. The Hall–Kier alpha value is -1.94. The van der Waals surface area contributed by atoms with Gasteiger partial charge in [-0.1, -0.05) is 0 Å². The average molecular weight is 296 g/mol. The highest BCUT2D eigenvalue weighted by atomic mass is 16.6. The van der Waals surface area contributed by atoms with Crippen LogP contribution in [0.3, 0.4) is 0 Å². The molecule has 1 aliphatic rings. The third kappa shape index (κ3) is 2.10. The number of aromatic amines is 1.